The number of carbonyl (C=O) groups excluding carboxylic acids is 1. The predicted octanol–water partition coefficient (Wildman–Crippen LogP) is 2.93. The van der Waals surface area contributed by atoms with Crippen LogP contribution >= 0.6 is 0 Å². The highest BCUT2D eigenvalue weighted by Gasteiger charge is 2.39. The van der Waals surface area contributed by atoms with Gasteiger partial charge in [0.1, 0.15) is 0 Å². The summed E-state index contributed by atoms with van der Waals surface area (Å²) in [5.41, 5.74) is 7.83. The van der Waals surface area contributed by atoms with E-state index in [1.165, 1.54) is 6.42 Å². The molecule has 0 bridgehead atoms. The monoisotopic (exact) mass is 266 g/mol. The van der Waals surface area contributed by atoms with Crippen LogP contribution in [0, 0.1) is 5.92 Å². The molecule has 2 aliphatic rings. The first kappa shape index (κ1) is 11.9. The van der Waals surface area contributed by atoms with Gasteiger partial charge >= 0.3 is 0 Å². The molecule has 1 amide bonds. The second-order valence-electron chi connectivity index (χ2n) is 5.85. The molecule has 0 radical (unpaired) electrons. The van der Waals surface area contributed by atoms with Crippen LogP contribution in [-0.2, 0) is 0 Å². The number of nitrogens with zero attached hydrogens (tertiary/aromatic N) is 1. The number of amides is 1. The Morgan fingerprint density at radius 1 is 1.15 bits per heavy atom. The van der Waals surface area contributed by atoms with Crippen molar-refractivity contribution in [3.63, 3.8) is 0 Å². The van der Waals surface area contributed by atoms with Crippen molar-refractivity contribution in [1.29, 1.82) is 0 Å². The maximum atomic E-state index is 12.8. The average Bonchev–Trinajstić information content (AvgIpc) is 3.04. The minimum absolute atomic E-state index is 0.155. The summed E-state index contributed by atoms with van der Waals surface area (Å²) in [6, 6.07) is 12.5. The highest BCUT2D eigenvalue weighted by molar-refractivity contribution is 6.25. The molecule has 1 aliphatic heterocycles. The van der Waals surface area contributed by atoms with Gasteiger partial charge in [-0.1, -0.05) is 30.7 Å². The molecule has 20 heavy (non-hydrogen) atoms. The number of rotatable bonds is 2. The van der Waals surface area contributed by atoms with Crippen molar-refractivity contribution < 1.29 is 4.79 Å². The van der Waals surface area contributed by atoms with E-state index in [2.05, 4.69) is 18.2 Å². The van der Waals surface area contributed by atoms with Crippen molar-refractivity contribution in [2.45, 2.75) is 25.3 Å². The van der Waals surface area contributed by atoms with E-state index in [0.717, 1.165) is 34.9 Å². The van der Waals surface area contributed by atoms with Crippen LogP contribution < -0.4 is 10.6 Å². The molecule has 3 nitrogen and oxygen atoms in total. The van der Waals surface area contributed by atoms with Crippen LogP contribution in [0.1, 0.15) is 29.6 Å². The van der Waals surface area contributed by atoms with Gasteiger partial charge in [0, 0.05) is 17.0 Å². The van der Waals surface area contributed by atoms with Crippen molar-refractivity contribution in [3.05, 3.63) is 42.0 Å². The Morgan fingerprint density at radius 3 is 2.75 bits per heavy atom. The third-order valence-electron chi connectivity index (χ3n) is 4.84. The Morgan fingerprint density at radius 2 is 1.95 bits per heavy atom. The van der Waals surface area contributed by atoms with E-state index < -0.39 is 0 Å². The van der Waals surface area contributed by atoms with Crippen LogP contribution in [0.2, 0.25) is 0 Å². The third-order valence-corrected chi connectivity index (χ3v) is 4.84. The lowest BCUT2D eigenvalue weighted by Gasteiger charge is -2.29. The Hall–Kier alpha value is -1.87. The highest BCUT2D eigenvalue weighted by Crippen LogP contribution is 2.42. The molecule has 0 saturated heterocycles. The molecule has 4 rings (SSSR count). The molecule has 3 heteroatoms. The second kappa shape index (κ2) is 4.32. The third kappa shape index (κ3) is 1.47. The maximum Gasteiger partial charge on any atom is 0.259 e. The van der Waals surface area contributed by atoms with Crippen LogP contribution in [0.5, 0.6) is 0 Å². The van der Waals surface area contributed by atoms with Crippen LogP contribution in [0.15, 0.2) is 36.4 Å². The summed E-state index contributed by atoms with van der Waals surface area (Å²) >= 11 is 0. The lowest BCUT2D eigenvalue weighted by atomic mass is 10.0. The Balaban J connectivity index is 1.89. The molecule has 0 spiro atoms. The Kier molecular flexibility index (Phi) is 2.57. The van der Waals surface area contributed by atoms with Gasteiger partial charge in [0.25, 0.3) is 5.91 Å². The quantitative estimate of drug-likeness (QED) is 0.908. The Labute approximate surface area is 118 Å². The number of hydrogen-bond donors (Lipinski definition) is 1. The van der Waals surface area contributed by atoms with Crippen molar-refractivity contribution in [1.82, 2.24) is 0 Å². The van der Waals surface area contributed by atoms with E-state index in [-0.39, 0.29) is 11.9 Å². The molecule has 102 valence electrons. The minimum Gasteiger partial charge on any atom is -0.330 e. The molecule has 2 aromatic carbocycles. The van der Waals surface area contributed by atoms with Crippen LogP contribution in [0.25, 0.3) is 10.8 Å². The van der Waals surface area contributed by atoms with E-state index in [9.17, 15) is 4.79 Å². The summed E-state index contributed by atoms with van der Waals surface area (Å²) < 4.78 is 0. The Bertz CT molecular complexity index is 689. The van der Waals surface area contributed by atoms with E-state index in [4.69, 9.17) is 5.73 Å². The molecule has 1 aliphatic carbocycles. The fourth-order valence-corrected chi connectivity index (χ4v) is 3.90. The van der Waals surface area contributed by atoms with Crippen molar-refractivity contribution in [2.24, 2.45) is 11.7 Å². The molecule has 0 aromatic heterocycles. The predicted molar refractivity (Wildman–Crippen MR) is 80.9 cm³/mol. The number of carbonyl (C=O) groups is 1. The van der Waals surface area contributed by atoms with Crippen LogP contribution in [0.4, 0.5) is 5.69 Å². The number of benzene rings is 2. The fraction of sp³-hybridized carbons (Fsp3) is 0.353. The summed E-state index contributed by atoms with van der Waals surface area (Å²) in [5, 5.41) is 2.26. The van der Waals surface area contributed by atoms with Crippen LogP contribution in [0.3, 0.4) is 0 Å². The second-order valence-corrected chi connectivity index (χ2v) is 5.85. The first-order valence-electron chi connectivity index (χ1n) is 7.36. The topological polar surface area (TPSA) is 46.3 Å². The fourth-order valence-electron chi connectivity index (χ4n) is 3.90. The molecule has 1 saturated carbocycles. The molecular weight excluding hydrogens is 248 g/mol. The standard InChI is InChI=1S/C17H18N2O/c18-10-12-6-3-8-14(12)19-15-9-2-5-11-4-1-7-13(16(11)15)17(19)20/h1-2,4-5,7,9,12,14H,3,6,8,10,18H2. The van der Waals surface area contributed by atoms with Gasteiger partial charge in [-0.25, -0.2) is 0 Å². The van der Waals surface area contributed by atoms with Crippen molar-refractivity contribution in [2.75, 3.05) is 11.4 Å². The average molecular weight is 266 g/mol. The van der Waals surface area contributed by atoms with E-state index in [1.807, 2.05) is 23.1 Å². The molecule has 1 fully saturated rings. The van der Waals surface area contributed by atoms with Gasteiger partial charge in [0.2, 0.25) is 0 Å². The number of nitrogens with two attached hydrogens (primary N) is 1. The van der Waals surface area contributed by atoms with Crippen LogP contribution in [-0.4, -0.2) is 18.5 Å². The maximum absolute atomic E-state index is 12.8. The molecule has 1 heterocycles. The minimum atomic E-state index is 0.155. The van der Waals surface area contributed by atoms with Gasteiger partial charge in [-0.15, -0.1) is 0 Å². The first-order chi connectivity index (χ1) is 9.81. The van der Waals surface area contributed by atoms with Gasteiger partial charge in [0.15, 0.2) is 0 Å². The lowest BCUT2D eigenvalue weighted by molar-refractivity contribution is 0.0978. The van der Waals surface area contributed by atoms with E-state index in [0.29, 0.717) is 12.5 Å². The van der Waals surface area contributed by atoms with Gasteiger partial charge in [-0.2, -0.15) is 0 Å². The number of hydrogen-bond acceptors (Lipinski definition) is 2. The van der Waals surface area contributed by atoms with E-state index in [1.54, 1.807) is 0 Å². The normalized spacial score (nSPS) is 24.9. The summed E-state index contributed by atoms with van der Waals surface area (Å²) in [6.07, 6.45) is 3.37. The van der Waals surface area contributed by atoms with E-state index >= 15 is 0 Å². The van der Waals surface area contributed by atoms with Gasteiger partial charge in [-0.3, -0.25) is 4.79 Å². The molecule has 2 atom stereocenters. The zero-order chi connectivity index (χ0) is 13.7. The lowest BCUT2D eigenvalue weighted by Crippen LogP contribution is -2.42. The zero-order valence-corrected chi connectivity index (χ0v) is 11.4. The molecule has 2 N–H and O–H groups in total. The first-order valence-corrected chi connectivity index (χ1v) is 7.36. The summed E-state index contributed by atoms with van der Waals surface area (Å²) in [5.74, 6) is 0.589. The summed E-state index contributed by atoms with van der Waals surface area (Å²) in [7, 11) is 0. The van der Waals surface area contributed by atoms with Crippen molar-refractivity contribution in [3.8, 4) is 0 Å². The molecule has 2 unspecified atom stereocenters. The van der Waals surface area contributed by atoms with Gasteiger partial charge in [-0.05, 0) is 42.8 Å². The van der Waals surface area contributed by atoms with Gasteiger partial charge in [0.05, 0.1) is 5.69 Å². The highest BCUT2D eigenvalue weighted by atomic mass is 16.2. The number of anilines is 1. The summed E-state index contributed by atoms with van der Waals surface area (Å²) in [6.45, 7) is 0.667. The van der Waals surface area contributed by atoms with Crippen molar-refractivity contribution >= 4 is 22.4 Å². The smallest absolute Gasteiger partial charge is 0.259 e. The summed E-state index contributed by atoms with van der Waals surface area (Å²) in [4.78, 5) is 14.8. The molecule has 2 aromatic rings. The zero-order valence-electron chi connectivity index (χ0n) is 11.4. The van der Waals surface area contributed by atoms with Gasteiger partial charge < -0.3 is 10.6 Å². The largest absolute Gasteiger partial charge is 0.330 e. The SMILES string of the molecule is NCC1CCCC1N1C(=O)c2cccc3cccc1c23. The molecular formula is C17H18N2O.